The molecule has 0 radical (unpaired) electrons. The average molecular weight is 282 g/mol. The smallest absolute Gasteiger partial charge is 0.153 e. The van der Waals surface area contributed by atoms with Gasteiger partial charge in [-0.25, -0.2) is 8.42 Å². The Labute approximate surface area is 112 Å². The second-order valence-electron chi connectivity index (χ2n) is 4.11. The second kappa shape index (κ2) is 5.21. The molecule has 0 aromatic heterocycles. The molecule has 96 valence electrons. The first-order valence-electron chi connectivity index (χ1n) is 5.60. The molecular weight excluding hydrogens is 268 g/mol. The Balaban J connectivity index is 2.33. The molecule has 4 nitrogen and oxygen atoms in total. The molecule has 0 spiro atoms. The van der Waals surface area contributed by atoms with E-state index in [0.29, 0.717) is 18.7 Å². The monoisotopic (exact) mass is 282 g/mol. The van der Waals surface area contributed by atoms with Gasteiger partial charge in [-0.2, -0.15) is 5.26 Å². The summed E-state index contributed by atoms with van der Waals surface area (Å²) >= 11 is 1.53. The van der Waals surface area contributed by atoms with Gasteiger partial charge in [-0.05, 0) is 18.4 Å². The van der Waals surface area contributed by atoms with Crippen molar-refractivity contribution >= 4 is 27.3 Å². The molecule has 0 bridgehead atoms. The minimum atomic E-state index is -2.89. The van der Waals surface area contributed by atoms with Crippen LogP contribution in [0.2, 0.25) is 0 Å². The molecule has 1 aliphatic heterocycles. The van der Waals surface area contributed by atoms with E-state index in [0.717, 1.165) is 10.6 Å². The van der Waals surface area contributed by atoms with E-state index in [1.54, 1.807) is 0 Å². The SMILES string of the molecule is CSc1cccc(N2CCS(=O)(=O)CC2)c1C#N. The zero-order valence-electron chi connectivity index (χ0n) is 10.1. The zero-order chi connectivity index (χ0) is 13.2. The van der Waals surface area contributed by atoms with E-state index in [1.807, 2.05) is 29.4 Å². The van der Waals surface area contributed by atoms with Crippen molar-refractivity contribution in [2.45, 2.75) is 4.90 Å². The Hall–Kier alpha value is -1.19. The first kappa shape index (κ1) is 13.2. The minimum Gasteiger partial charge on any atom is -0.368 e. The highest BCUT2D eigenvalue weighted by atomic mass is 32.2. The van der Waals surface area contributed by atoms with Gasteiger partial charge in [0, 0.05) is 18.0 Å². The lowest BCUT2D eigenvalue weighted by Gasteiger charge is -2.29. The normalized spacial score (nSPS) is 18.3. The maximum absolute atomic E-state index is 11.4. The number of rotatable bonds is 2. The summed E-state index contributed by atoms with van der Waals surface area (Å²) in [7, 11) is -2.89. The van der Waals surface area contributed by atoms with Gasteiger partial charge in [0.25, 0.3) is 0 Å². The van der Waals surface area contributed by atoms with E-state index in [-0.39, 0.29) is 11.5 Å². The van der Waals surface area contributed by atoms with Crippen LogP contribution in [0.5, 0.6) is 0 Å². The highest BCUT2D eigenvalue weighted by Crippen LogP contribution is 2.29. The fraction of sp³-hybridized carbons (Fsp3) is 0.417. The molecule has 1 aromatic rings. The second-order valence-corrected chi connectivity index (χ2v) is 7.26. The minimum absolute atomic E-state index is 0.168. The highest BCUT2D eigenvalue weighted by molar-refractivity contribution is 7.98. The number of thioether (sulfide) groups is 1. The Morgan fingerprint density at radius 1 is 1.33 bits per heavy atom. The average Bonchev–Trinajstić information content (AvgIpc) is 2.37. The van der Waals surface area contributed by atoms with Gasteiger partial charge < -0.3 is 4.90 Å². The third kappa shape index (κ3) is 2.62. The molecule has 0 amide bonds. The van der Waals surface area contributed by atoms with E-state index in [9.17, 15) is 13.7 Å². The molecule has 0 aliphatic carbocycles. The van der Waals surface area contributed by atoms with Crippen molar-refractivity contribution in [3.05, 3.63) is 23.8 Å². The largest absolute Gasteiger partial charge is 0.368 e. The molecule has 1 fully saturated rings. The molecule has 2 rings (SSSR count). The van der Waals surface area contributed by atoms with Gasteiger partial charge in [-0.1, -0.05) is 6.07 Å². The summed E-state index contributed by atoms with van der Waals surface area (Å²) in [4.78, 5) is 2.92. The molecule has 6 heteroatoms. The number of hydrogen-bond donors (Lipinski definition) is 0. The maximum atomic E-state index is 11.4. The topological polar surface area (TPSA) is 61.2 Å². The van der Waals surface area contributed by atoms with Gasteiger partial charge in [0.1, 0.15) is 6.07 Å². The van der Waals surface area contributed by atoms with Crippen LogP contribution in [0.4, 0.5) is 5.69 Å². The van der Waals surface area contributed by atoms with Crippen LogP contribution in [0, 0.1) is 11.3 Å². The van der Waals surface area contributed by atoms with Gasteiger partial charge in [0.05, 0.1) is 22.8 Å². The van der Waals surface area contributed by atoms with Gasteiger partial charge in [-0.15, -0.1) is 11.8 Å². The fourth-order valence-corrected chi connectivity index (χ4v) is 3.79. The molecule has 1 saturated heterocycles. The quantitative estimate of drug-likeness (QED) is 0.770. The van der Waals surface area contributed by atoms with Crippen LogP contribution < -0.4 is 4.90 Å². The van der Waals surface area contributed by atoms with Gasteiger partial charge in [-0.3, -0.25) is 0 Å². The lowest BCUT2D eigenvalue weighted by molar-refractivity contribution is 0.586. The van der Waals surface area contributed by atoms with Crippen molar-refractivity contribution in [3.63, 3.8) is 0 Å². The molecule has 1 heterocycles. The summed E-state index contributed by atoms with van der Waals surface area (Å²) in [6, 6.07) is 7.92. The first-order chi connectivity index (χ1) is 8.57. The van der Waals surface area contributed by atoms with Crippen LogP contribution in [0.3, 0.4) is 0 Å². The number of nitriles is 1. The third-order valence-corrected chi connectivity index (χ3v) is 5.41. The summed E-state index contributed by atoms with van der Waals surface area (Å²) in [6.45, 7) is 0.934. The number of benzene rings is 1. The predicted molar refractivity (Wildman–Crippen MR) is 73.8 cm³/mol. The Bertz CT molecular complexity index is 577. The molecule has 18 heavy (non-hydrogen) atoms. The summed E-state index contributed by atoms with van der Waals surface area (Å²) in [5, 5.41) is 9.26. The molecule has 1 aliphatic rings. The van der Waals surface area contributed by atoms with E-state index in [2.05, 4.69) is 6.07 Å². The highest BCUT2D eigenvalue weighted by Gasteiger charge is 2.23. The number of sulfone groups is 1. The van der Waals surface area contributed by atoms with E-state index in [1.165, 1.54) is 11.8 Å². The lowest BCUT2D eigenvalue weighted by atomic mass is 10.1. The van der Waals surface area contributed by atoms with Crippen LogP contribution in [0.1, 0.15) is 5.56 Å². The first-order valence-corrected chi connectivity index (χ1v) is 8.64. The summed E-state index contributed by atoms with van der Waals surface area (Å²) < 4.78 is 22.8. The van der Waals surface area contributed by atoms with Crippen molar-refractivity contribution in [2.75, 3.05) is 35.8 Å². The van der Waals surface area contributed by atoms with Crippen LogP contribution in [0.25, 0.3) is 0 Å². The Morgan fingerprint density at radius 2 is 2.00 bits per heavy atom. The van der Waals surface area contributed by atoms with E-state index in [4.69, 9.17) is 0 Å². The van der Waals surface area contributed by atoms with Crippen molar-refractivity contribution in [2.24, 2.45) is 0 Å². The van der Waals surface area contributed by atoms with E-state index < -0.39 is 9.84 Å². The summed E-state index contributed by atoms with van der Waals surface area (Å²) in [5.41, 5.74) is 1.49. The third-order valence-electron chi connectivity index (χ3n) is 3.02. The van der Waals surface area contributed by atoms with Crippen LogP contribution in [-0.2, 0) is 9.84 Å². The number of nitrogens with zero attached hydrogens (tertiary/aromatic N) is 2. The zero-order valence-corrected chi connectivity index (χ0v) is 11.7. The molecule has 0 atom stereocenters. The number of anilines is 1. The van der Waals surface area contributed by atoms with Crippen molar-refractivity contribution in [1.29, 1.82) is 5.26 Å². The standard InChI is InChI=1S/C12H14N2O2S2/c1-17-12-4-2-3-11(10(12)9-13)14-5-7-18(15,16)8-6-14/h2-4H,5-8H2,1H3. The van der Waals surface area contributed by atoms with Gasteiger partial charge in [0.2, 0.25) is 0 Å². The van der Waals surface area contributed by atoms with Crippen LogP contribution >= 0.6 is 11.8 Å². The molecule has 0 saturated carbocycles. The van der Waals surface area contributed by atoms with Crippen molar-refractivity contribution in [1.82, 2.24) is 0 Å². The predicted octanol–water partition coefficient (Wildman–Crippen LogP) is 1.51. The van der Waals surface area contributed by atoms with Crippen LogP contribution in [-0.4, -0.2) is 39.3 Å². The molecule has 1 aromatic carbocycles. The van der Waals surface area contributed by atoms with Crippen LogP contribution in [0.15, 0.2) is 23.1 Å². The lowest BCUT2D eigenvalue weighted by Crippen LogP contribution is -2.40. The Kier molecular flexibility index (Phi) is 3.83. The van der Waals surface area contributed by atoms with Gasteiger partial charge in [0.15, 0.2) is 9.84 Å². The van der Waals surface area contributed by atoms with E-state index >= 15 is 0 Å². The summed E-state index contributed by atoms with van der Waals surface area (Å²) in [5.74, 6) is 0.336. The maximum Gasteiger partial charge on any atom is 0.153 e. The van der Waals surface area contributed by atoms with Crippen molar-refractivity contribution < 1.29 is 8.42 Å². The number of hydrogen-bond acceptors (Lipinski definition) is 5. The summed E-state index contributed by atoms with van der Waals surface area (Å²) in [6.07, 6.45) is 1.93. The van der Waals surface area contributed by atoms with Crippen molar-refractivity contribution in [3.8, 4) is 6.07 Å². The molecular formula is C12H14N2O2S2. The molecule has 0 N–H and O–H groups in total. The fourth-order valence-electron chi connectivity index (χ4n) is 2.02. The molecule has 0 unspecified atom stereocenters. The van der Waals surface area contributed by atoms with Gasteiger partial charge >= 0.3 is 0 Å². The Morgan fingerprint density at radius 3 is 2.56 bits per heavy atom.